The van der Waals surface area contributed by atoms with Crippen molar-refractivity contribution >= 4 is 34.4 Å². The summed E-state index contributed by atoms with van der Waals surface area (Å²) < 4.78 is 7.43. The van der Waals surface area contributed by atoms with Crippen LogP contribution in [0.15, 0.2) is 60.3 Å². The standard InChI is InChI=1S/C22H23N3O2S/c1-3-12-25-20-9-5-4-8-18(20)23-22(25)28-15-21(26)24-13-6-7-16-14-17(27-2)10-11-19(16)24/h3-5,8-11,14H,1,6-7,12-13,15H2,2H3. The zero-order valence-electron chi connectivity index (χ0n) is 15.9. The van der Waals surface area contributed by atoms with Crippen molar-refractivity contribution < 1.29 is 9.53 Å². The van der Waals surface area contributed by atoms with Gasteiger partial charge in [-0.3, -0.25) is 4.79 Å². The summed E-state index contributed by atoms with van der Waals surface area (Å²) in [6.07, 6.45) is 3.79. The highest BCUT2D eigenvalue weighted by molar-refractivity contribution is 7.99. The molecule has 0 radical (unpaired) electrons. The van der Waals surface area contributed by atoms with Crippen LogP contribution in [0.3, 0.4) is 0 Å². The number of para-hydroxylation sites is 2. The number of hydrogen-bond acceptors (Lipinski definition) is 4. The van der Waals surface area contributed by atoms with E-state index in [0.29, 0.717) is 12.3 Å². The highest BCUT2D eigenvalue weighted by Crippen LogP contribution is 2.32. The Morgan fingerprint density at radius 2 is 2.18 bits per heavy atom. The number of methoxy groups -OCH3 is 1. The maximum absolute atomic E-state index is 13.0. The zero-order chi connectivity index (χ0) is 19.5. The molecule has 0 unspecified atom stereocenters. The van der Waals surface area contributed by atoms with Gasteiger partial charge in [0.15, 0.2) is 5.16 Å². The lowest BCUT2D eigenvalue weighted by molar-refractivity contribution is -0.116. The van der Waals surface area contributed by atoms with E-state index in [4.69, 9.17) is 9.72 Å². The van der Waals surface area contributed by atoms with Gasteiger partial charge in [0.05, 0.1) is 23.9 Å². The molecule has 1 amide bonds. The fourth-order valence-electron chi connectivity index (χ4n) is 3.63. The first-order valence-electron chi connectivity index (χ1n) is 9.37. The number of fused-ring (bicyclic) bond motifs is 2. The number of thioether (sulfide) groups is 1. The van der Waals surface area contributed by atoms with Gasteiger partial charge in [0, 0.05) is 18.8 Å². The molecule has 1 aromatic heterocycles. The van der Waals surface area contributed by atoms with Gasteiger partial charge in [-0.1, -0.05) is 30.0 Å². The molecule has 0 saturated heterocycles. The molecule has 144 valence electrons. The van der Waals surface area contributed by atoms with Crippen LogP contribution in [0.5, 0.6) is 5.75 Å². The summed E-state index contributed by atoms with van der Waals surface area (Å²) in [5, 5.41) is 0.849. The second-order valence-corrected chi connectivity index (χ2v) is 7.66. The zero-order valence-corrected chi connectivity index (χ0v) is 16.7. The molecule has 3 aromatic rings. The molecule has 0 fully saturated rings. The second kappa shape index (κ2) is 8.10. The van der Waals surface area contributed by atoms with Crippen molar-refractivity contribution in [2.75, 3.05) is 24.3 Å². The molecule has 6 heteroatoms. The van der Waals surface area contributed by atoms with Crippen molar-refractivity contribution in [1.29, 1.82) is 0 Å². The summed E-state index contributed by atoms with van der Waals surface area (Å²) in [4.78, 5) is 19.6. The minimum Gasteiger partial charge on any atom is -0.497 e. The Hall–Kier alpha value is -2.73. The van der Waals surface area contributed by atoms with Crippen molar-refractivity contribution in [2.45, 2.75) is 24.5 Å². The number of aromatic nitrogens is 2. The molecule has 0 aliphatic carbocycles. The number of rotatable bonds is 6. The van der Waals surface area contributed by atoms with Crippen LogP contribution in [0.4, 0.5) is 5.69 Å². The Labute approximate surface area is 169 Å². The predicted octanol–water partition coefficient (Wildman–Crippen LogP) is 4.30. The SMILES string of the molecule is C=CCn1c(SCC(=O)N2CCCc3cc(OC)ccc32)nc2ccccc21. The molecule has 0 spiro atoms. The van der Waals surface area contributed by atoms with Gasteiger partial charge in [-0.05, 0) is 48.7 Å². The first kappa shape index (κ1) is 18.6. The smallest absolute Gasteiger partial charge is 0.237 e. The highest BCUT2D eigenvalue weighted by atomic mass is 32.2. The summed E-state index contributed by atoms with van der Waals surface area (Å²) in [5.74, 6) is 1.29. The van der Waals surface area contributed by atoms with Gasteiger partial charge in [0.2, 0.25) is 5.91 Å². The number of benzene rings is 2. The molecule has 1 aliphatic rings. The van der Waals surface area contributed by atoms with Crippen LogP contribution in [0.2, 0.25) is 0 Å². The molecule has 0 bridgehead atoms. The third-order valence-corrected chi connectivity index (χ3v) is 5.92. The van der Waals surface area contributed by atoms with Gasteiger partial charge < -0.3 is 14.2 Å². The number of carbonyl (C=O) groups is 1. The number of amides is 1. The molecule has 0 saturated carbocycles. The number of anilines is 1. The van der Waals surface area contributed by atoms with Crippen molar-refractivity contribution in [3.05, 3.63) is 60.7 Å². The molecule has 1 aliphatic heterocycles. The lowest BCUT2D eigenvalue weighted by Crippen LogP contribution is -2.36. The van der Waals surface area contributed by atoms with Gasteiger partial charge in [-0.2, -0.15) is 0 Å². The third kappa shape index (κ3) is 3.52. The first-order valence-corrected chi connectivity index (χ1v) is 10.4. The topological polar surface area (TPSA) is 47.4 Å². The van der Waals surface area contributed by atoms with Gasteiger partial charge in [-0.15, -0.1) is 6.58 Å². The van der Waals surface area contributed by atoms with E-state index >= 15 is 0 Å². The van der Waals surface area contributed by atoms with E-state index in [0.717, 1.165) is 47.0 Å². The lowest BCUT2D eigenvalue weighted by atomic mass is 10.0. The molecule has 2 heterocycles. The monoisotopic (exact) mass is 393 g/mol. The fraction of sp³-hybridized carbons (Fsp3) is 0.273. The number of aryl methyl sites for hydroxylation is 1. The first-order chi connectivity index (χ1) is 13.7. The average Bonchev–Trinajstić information content (AvgIpc) is 3.09. The minimum absolute atomic E-state index is 0.105. The fourth-order valence-corrected chi connectivity index (χ4v) is 4.53. The van der Waals surface area contributed by atoms with Crippen molar-refractivity contribution in [2.24, 2.45) is 0 Å². The molecular formula is C22H23N3O2S. The second-order valence-electron chi connectivity index (χ2n) is 6.71. The Morgan fingerprint density at radius 1 is 1.32 bits per heavy atom. The van der Waals surface area contributed by atoms with Crippen molar-refractivity contribution in [3.8, 4) is 5.75 Å². The van der Waals surface area contributed by atoms with Crippen molar-refractivity contribution in [1.82, 2.24) is 9.55 Å². The van der Waals surface area contributed by atoms with Crippen LogP contribution in [-0.4, -0.2) is 34.9 Å². The van der Waals surface area contributed by atoms with Gasteiger partial charge >= 0.3 is 0 Å². The summed E-state index contributed by atoms with van der Waals surface area (Å²) in [6.45, 7) is 5.27. The normalized spacial score (nSPS) is 13.4. The van der Waals surface area contributed by atoms with Crippen LogP contribution in [-0.2, 0) is 17.8 Å². The average molecular weight is 394 g/mol. The minimum atomic E-state index is 0.105. The van der Waals surface area contributed by atoms with E-state index in [2.05, 4.69) is 11.1 Å². The molecule has 0 atom stereocenters. The summed E-state index contributed by atoms with van der Waals surface area (Å²) in [5.41, 5.74) is 4.17. The molecular weight excluding hydrogens is 370 g/mol. The van der Waals surface area contributed by atoms with Crippen LogP contribution in [0.1, 0.15) is 12.0 Å². The molecule has 0 N–H and O–H groups in total. The largest absolute Gasteiger partial charge is 0.497 e. The quantitative estimate of drug-likeness (QED) is 0.463. The third-order valence-electron chi connectivity index (χ3n) is 4.96. The number of carbonyl (C=O) groups excluding carboxylic acids is 1. The van der Waals surface area contributed by atoms with Crippen LogP contribution >= 0.6 is 11.8 Å². The van der Waals surface area contributed by atoms with Gasteiger partial charge in [0.25, 0.3) is 0 Å². The Kier molecular flexibility index (Phi) is 5.39. The van der Waals surface area contributed by atoms with E-state index in [1.807, 2.05) is 53.4 Å². The lowest BCUT2D eigenvalue weighted by Gasteiger charge is -2.29. The van der Waals surface area contributed by atoms with Crippen molar-refractivity contribution in [3.63, 3.8) is 0 Å². The Bertz CT molecular complexity index is 1030. The number of ether oxygens (including phenoxy) is 1. The molecule has 4 rings (SSSR count). The molecule has 5 nitrogen and oxygen atoms in total. The summed E-state index contributed by atoms with van der Waals surface area (Å²) in [6, 6.07) is 14.0. The number of hydrogen-bond donors (Lipinski definition) is 0. The summed E-state index contributed by atoms with van der Waals surface area (Å²) in [7, 11) is 1.67. The van der Waals surface area contributed by atoms with E-state index < -0.39 is 0 Å². The Balaban J connectivity index is 1.54. The van der Waals surface area contributed by atoms with E-state index in [-0.39, 0.29) is 5.91 Å². The summed E-state index contributed by atoms with van der Waals surface area (Å²) >= 11 is 1.48. The van der Waals surface area contributed by atoms with Crippen LogP contribution < -0.4 is 9.64 Å². The van der Waals surface area contributed by atoms with Gasteiger partial charge in [0.1, 0.15) is 5.75 Å². The van der Waals surface area contributed by atoms with E-state index in [1.54, 1.807) is 7.11 Å². The number of nitrogens with zero attached hydrogens (tertiary/aromatic N) is 3. The maximum atomic E-state index is 13.0. The molecule has 2 aromatic carbocycles. The number of allylic oxidation sites excluding steroid dienone is 1. The number of imidazole rings is 1. The van der Waals surface area contributed by atoms with Crippen LogP contribution in [0.25, 0.3) is 11.0 Å². The maximum Gasteiger partial charge on any atom is 0.237 e. The predicted molar refractivity (Wildman–Crippen MR) is 114 cm³/mol. The van der Waals surface area contributed by atoms with E-state index in [9.17, 15) is 4.79 Å². The van der Waals surface area contributed by atoms with E-state index in [1.165, 1.54) is 17.3 Å². The molecule has 28 heavy (non-hydrogen) atoms. The van der Waals surface area contributed by atoms with Crippen LogP contribution in [0, 0.1) is 0 Å². The highest BCUT2D eigenvalue weighted by Gasteiger charge is 2.23. The Morgan fingerprint density at radius 3 is 3.00 bits per heavy atom. The van der Waals surface area contributed by atoms with Gasteiger partial charge in [-0.25, -0.2) is 4.98 Å².